The minimum Gasteiger partial charge on any atom is -0.213 e. The van der Waals surface area contributed by atoms with Gasteiger partial charge in [0, 0.05) is 0 Å². The van der Waals surface area contributed by atoms with Crippen molar-refractivity contribution in [3.05, 3.63) is 128 Å². The van der Waals surface area contributed by atoms with Crippen LogP contribution in [-0.2, 0) is 12.8 Å². The second-order valence-corrected chi connectivity index (χ2v) is 12.6. The minimum atomic E-state index is -4.12. The molecule has 0 aromatic heterocycles. The normalized spacial score (nSPS) is 11.4. The Morgan fingerprint density at radius 3 is 1.23 bits per heavy atom. The van der Waals surface area contributed by atoms with Gasteiger partial charge in [-0.15, -0.1) is 0 Å². The van der Waals surface area contributed by atoms with E-state index >= 15 is 0 Å². The molecule has 0 fully saturated rings. The summed E-state index contributed by atoms with van der Waals surface area (Å²) in [4.78, 5) is 0. The molecule has 0 atom stereocenters. The highest BCUT2D eigenvalue weighted by molar-refractivity contribution is 7.88. The Morgan fingerprint density at radius 2 is 0.867 bits per heavy atom. The molecular weight excluding hydrogens is 509 g/mol. The number of rotatable bonds is 7. The number of hydrogen-bond acceptors (Lipinski definition) is 3. The van der Waals surface area contributed by atoms with Crippen molar-refractivity contribution in [2.75, 3.05) is 4.31 Å². The Bertz CT molecular complexity index is 1090. The van der Waals surface area contributed by atoms with Crippen molar-refractivity contribution in [2.24, 2.45) is 0 Å². The lowest BCUT2D eigenvalue weighted by atomic mass is 10.3. The van der Waals surface area contributed by atoms with Gasteiger partial charge in [0.2, 0.25) is 0 Å². The van der Waals surface area contributed by atoms with Crippen LogP contribution in [0.1, 0.15) is 0 Å². The fourth-order valence-electron chi connectivity index (χ4n) is 2.90. The van der Waals surface area contributed by atoms with Gasteiger partial charge in [0.05, 0.1) is 11.4 Å². The lowest BCUT2D eigenvalue weighted by Gasteiger charge is -2.22. The molecule has 0 unspecified atom stereocenters. The number of hydrogen-bond donors (Lipinski definition) is 0. The highest BCUT2D eigenvalue weighted by atomic mass is 127. The maximum absolute atomic E-state index is 13.6. The van der Waals surface area contributed by atoms with E-state index in [4.69, 9.17) is 2.51 Å². The van der Waals surface area contributed by atoms with Crippen molar-refractivity contribution in [1.29, 1.82) is 0 Å². The first-order valence-electron chi connectivity index (χ1n) is 9.30. The highest BCUT2D eigenvalue weighted by Crippen LogP contribution is 2.28. The average molecular weight is 529 g/mol. The first-order valence-corrected chi connectivity index (χ1v) is 13.7. The Balaban J connectivity index is 1.79. The molecule has 0 heterocycles. The SMILES string of the molecule is O=S(=O)(O[I+](c1ccccc1)c1ccccc1)N(c1ccccc1)c1ccccc1. The van der Waals surface area contributed by atoms with Crippen LogP contribution in [0.5, 0.6) is 0 Å². The third-order valence-corrected chi connectivity index (χ3v) is 11.5. The van der Waals surface area contributed by atoms with Crippen molar-refractivity contribution in [3.8, 4) is 0 Å². The van der Waals surface area contributed by atoms with Gasteiger partial charge in [-0.25, -0.2) is 4.31 Å². The summed E-state index contributed by atoms with van der Waals surface area (Å²) < 4.78 is 36.4. The maximum Gasteiger partial charge on any atom is 0.405 e. The van der Waals surface area contributed by atoms with Crippen LogP contribution in [-0.4, -0.2) is 8.42 Å². The fraction of sp³-hybridized carbons (Fsp3) is 0. The van der Waals surface area contributed by atoms with Crippen LogP contribution in [0.15, 0.2) is 121 Å². The molecule has 0 aliphatic heterocycles. The van der Waals surface area contributed by atoms with Crippen LogP contribution >= 0.6 is 0 Å². The van der Waals surface area contributed by atoms with E-state index in [1.165, 1.54) is 4.31 Å². The summed E-state index contributed by atoms with van der Waals surface area (Å²) in [6, 6.07) is 37.2. The summed E-state index contributed by atoms with van der Waals surface area (Å²) in [6.45, 7) is 0. The zero-order valence-electron chi connectivity index (χ0n) is 16.0. The number of halogens is 1. The van der Waals surface area contributed by atoms with E-state index in [0.717, 1.165) is 7.14 Å². The summed E-state index contributed by atoms with van der Waals surface area (Å²) in [6.07, 6.45) is 0. The predicted molar refractivity (Wildman–Crippen MR) is 115 cm³/mol. The molecule has 0 saturated carbocycles. The molecule has 30 heavy (non-hydrogen) atoms. The summed E-state index contributed by atoms with van der Waals surface area (Å²) in [7, 11) is -4.12. The molecular formula is C24H20INO3S+. The van der Waals surface area contributed by atoms with E-state index in [2.05, 4.69) is 0 Å². The summed E-state index contributed by atoms with van der Waals surface area (Å²) in [5, 5.41) is 0. The van der Waals surface area contributed by atoms with E-state index in [1.807, 2.05) is 97.1 Å². The molecule has 1 radical (unpaired) electrons. The van der Waals surface area contributed by atoms with Gasteiger partial charge in [0.25, 0.3) is 0 Å². The van der Waals surface area contributed by atoms with Crippen LogP contribution in [0.25, 0.3) is 0 Å². The molecule has 4 aromatic rings. The van der Waals surface area contributed by atoms with Crippen molar-refractivity contribution in [2.45, 2.75) is 0 Å². The monoisotopic (exact) mass is 529 g/mol. The molecule has 4 nitrogen and oxygen atoms in total. The van der Waals surface area contributed by atoms with E-state index < -0.39 is 30.5 Å². The number of anilines is 2. The van der Waals surface area contributed by atoms with Gasteiger partial charge in [-0.3, -0.25) is 0 Å². The van der Waals surface area contributed by atoms with E-state index in [0.29, 0.717) is 11.4 Å². The second kappa shape index (κ2) is 9.42. The molecule has 0 bridgehead atoms. The molecule has 151 valence electrons. The van der Waals surface area contributed by atoms with Crippen molar-refractivity contribution in [3.63, 3.8) is 0 Å². The van der Waals surface area contributed by atoms with Crippen molar-refractivity contribution in [1.82, 2.24) is 0 Å². The number of para-hydroxylation sites is 2. The minimum absolute atomic E-state index is 0.528. The molecule has 0 aliphatic carbocycles. The van der Waals surface area contributed by atoms with Gasteiger partial charge in [-0.05, 0) is 51.0 Å². The fourth-order valence-corrected chi connectivity index (χ4v) is 9.97. The predicted octanol–water partition coefficient (Wildman–Crippen LogP) is 2.37. The standard InChI is InChI=1S/C24H20INO3S/c27-30(28,26(23-17-9-3-10-18-23)24-19-11-4-12-20-24)29-25(21-13-5-1-6-14-21)22-15-7-2-8-16-22/h1-20H/q+1. The lowest BCUT2D eigenvalue weighted by molar-refractivity contribution is -1.03. The highest BCUT2D eigenvalue weighted by Gasteiger charge is 2.40. The first-order chi connectivity index (χ1) is 14.6. The van der Waals surface area contributed by atoms with Crippen molar-refractivity contribution >= 4 is 21.7 Å². The average Bonchev–Trinajstić information content (AvgIpc) is 2.80. The molecule has 0 saturated heterocycles. The first kappa shape index (κ1) is 20.6. The van der Waals surface area contributed by atoms with Crippen LogP contribution in [0.2, 0.25) is 0 Å². The van der Waals surface area contributed by atoms with Crippen LogP contribution < -0.4 is 24.5 Å². The van der Waals surface area contributed by atoms with Crippen LogP contribution in [0.4, 0.5) is 11.4 Å². The third kappa shape index (κ3) is 4.72. The van der Waals surface area contributed by atoms with Crippen LogP contribution in [0, 0.1) is 7.14 Å². The Hall–Kier alpha value is -2.68. The molecule has 6 heteroatoms. The van der Waals surface area contributed by atoms with E-state index in [-0.39, 0.29) is 0 Å². The van der Waals surface area contributed by atoms with E-state index in [9.17, 15) is 8.42 Å². The zero-order valence-corrected chi connectivity index (χ0v) is 19.0. The molecule has 0 spiro atoms. The molecule has 0 aliphatic rings. The van der Waals surface area contributed by atoms with Crippen LogP contribution in [0.3, 0.4) is 0 Å². The molecule has 0 amide bonds. The Labute approximate surface area is 185 Å². The molecule has 4 aromatic carbocycles. The molecule has 4 rings (SSSR count). The largest absolute Gasteiger partial charge is 0.405 e. The van der Waals surface area contributed by atoms with Crippen molar-refractivity contribution < 1.29 is 31.2 Å². The second-order valence-electron chi connectivity index (χ2n) is 6.30. The lowest BCUT2D eigenvalue weighted by Crippen LogP contribution is -3.85. The Morgan fingerprint density at radius 1 is 0.533 bits per heavy atom. The van der Waals surface area contributed by atoms with Gasteiger partial charge >= 0.3 is 30.5 Å². The van der Waals surface area contributed by atoms with Gasteiger partial charge < -0.3 is 0 Å². The quantitative estimate of drug-likeness (QED) is 0.346. The van der Waals surface area contributed by atoms with Gasteiger partial charge in [-0.2, -0.15) is 8.42 Å². The summed E-state index contributed by atoms with van der Waals surface area (Å²) >= 11 is -2.73. The summed E-state index contributed by atoms with van der Waals surface area (Å²) in [5.74, 6) is 0. The van der Waals surface area contributed by atoms with Gasteiger partial charge in [0.1, 0.15) is 0 Å². The molecule has 0 N–H and O–H groups in total. The Kier molecular flexibility index (Phi) is 6.47. The summed E-state index contributed by atoms with van der Waals surface area (Å²) in [5.41, 5.74) is 1.06. The number of benzene rings is 4. The maximum atomic E-state index is 13.6. The van der Waals surface area contributed by atoms with Gasteiger partial charge in [0.15, 0.2) is 7.14 Å². The third-order valence-electron chi connectivity index (χ3n) is 4.21. The smallest absolute Gasteiger partial charge is 0.213 e. The van der Waals surface area contributed by atoms with E-state index in [1.54, 1.807) is 24.3 Å². The zero-order chi connectivity index (χ0) is 20.8. The topological polar surface area (TPSA) is 46.6 Å². The number of nitrogens with zero attached hydrogens (tertiary/aromatic N) is 1. The van der Waals surface area contributed by atoms with Gasteiger partial charge in [-0.1, -0.05) is 72.8 Å².